The van der Waals surface area contributed by atoms with E-state index in [4.69, 9.17) is 10.2 Å². The monoisotopic (exact) mass is 202 g/mol. The lowest BCUT2D eigenvalue weighted by Gasteiger charge is -1.99. The van der Waals surface area contributed by atoms with E-state index in [0.717, 1.165) is 17.9 Å². The number of aliphatic hydroxyl groups excluding tert-OH is 1. The van der Waals surface area contributed by atoms with Crippen LogP contribution in [0.2, 0.25) is 0 Å². The number of aromatic nitrogens is 1. The summed E-state index contributed by atoms with van der Waals surface area (Å²) >= 11 is 1.14. The molecule has 1 aromatic rings. The number of nitrogens with zero attached hydrogens (tertiary/aromatic N) is 1. The molecule has 5 nitrogen and oxygen atoms in total. The highest BCUT2D eigenvalue weighted by atomic mass is 32.1. The summed E-state index contributed by atoms with van der Waals surface area (Å²) in [5, 5.41) is 21.2. The second kappa shape index (κ2) is 4.20. The second-order valence-corrected chi connectivity index (χ2v) is 3.40. The normalized spacial score (nSPS) is 12.5. The highest BCUT2D eigenvalue weighted by Crippen LogP contribution is 2.24. The molecule has 0 radical (unpaired) electrons. The van der Waals surface area contributed by atoms with Gasteiger partial charge < -0.3 is 15.5 Å². The lowest BCUT2D eigenvalue weighted by Crippen LogP contribution is -2.08. The Morgan fingerprint density at radius 3 is 3.08 bits per heavy atom. The lowest BCUT2D eigenvalue weighted by molar-refractivity contribution is -0.146. The van der Waals surface area contributed by atoms with Gasteiger partial charge in [-0.2, -0.15) is 0 Å². The predicted octanol–water partition coefficient (Wildman–Crippen LogP) is 0.693. The van der Waals surface area contributed by atoms with E-state index in [2.05, 4.69) is 10.3 Å². The zero-order valence-corrected chi connectivity index (χ0v) is 7.84. The van der Waals surface area contributed by atoms with Crippen molar-refractivity contribution >= 4 is 22.4 Å². The molecule has 13 heavy (non-hydrogen) atoms. The van der Waals surface area contributed by atoms with Crippen LogP contribution in [0.15, 0.2) is 6.20 Å². The fourth-order valence-corrected chi connectivity index (χ4v) is 1.63. The number of aliphatic carboxylic acids is 1. The highest BCUT2D eigenvalue weighted by molar-refractivity contribution is 7.15. The quantitative estimate of drug-likeness (QED) is 0.669. The van der Waals surface area contributed by atoms with Gasteiger partial charge in [0, 0.05) is 12.7 Å². The van der Waals surface area contributed by atoms with Crippen molar-refractivity contribution in [3.63, 3.8) is 0 Å². The summed E-state index contributed by atoms with van der Waals surface area (Å²) in [4.78, 5) is 14.6. The molecule has 3 N–H and O–H groups in total. The third-order valence-corrected chi connectivity index (χ3v) is 2.36. The van der Waals surface area contributed by atoms with Gasteiger partial charge in [-0.05, 0) is 6.92 Å². The van der Waals surface area contributed by atoms with E-state index >= 15 is 0 Å². The van der Waals surface area contributed by atoms with Crippen LogP contribution in [0.3, 0.4) is 0 Å². The minimum absolute atomic E-state index is 0.337. The van der Waals surface area contributed by atoms with E-state index in [9.17, 15) is 4.79 Å². The molecule has 0 spiro atoms. The molecule has 1 atom stereocenters. The van der Waals surface area contributed by atoms with Gasteiger partial charge >= 0.3 is 5.97 Å². The van der Waals surface area contributed by atoms with Gasteiger partial charge in [0.1, 0.15) is 0 Å². The first-order valence-corrected chi connectivity index (χ1v) is 4.57. The number of carbonyl (C=O) groups is 1. The number of rotatable bonds is 4. The van der Waals surface area contributed by atoms with Crippen molar-refractivity contribution in [2.75, 3.05) is 11.9 Å². The molecule has 72 valence electrons. The van der Waals surface area contributed by atoms with Gasteiger partial charge in [0.2, 0.25) is 0 Å². The summed E-state index contributed by atoms with van der Waals surface area (Å²) in [7, 11) is 0. The van der Waals surface area contributed by atoms with Crippen molar-refractivity contribution in [2.24, 2.45) is 0 Å². The molecule has 0 aliphatic carbocycles. The maximum atomic E-state index is 10.4. The molecule has 0 amide bonds. The third kappa shape index (κ3) is 2.40. The fraction of sp³-hybridized carbons (Fsp3) is 0.429. The van der Waals surface area contributed by atoms with Crippen molar-refractivity contribution in [3.8, 4) is 0 Å². The Labute approximate surface area is 79.1 Å². The zero-order valence-electron chi connectivity index (χ0n) is 7.02. The Balaban J connectivity index is 2.73. The van der Waals surface area contributed by atoms with Crippen LogP contribution in [-0.4, -0.2) is 27.7 Å². The summed E-state index contributed by atoms with van der Waals surface area (Å²) in [6.07, 6.45) is -0.105. The topological polar surface area (TPSA) is 82.5 Å². The van der Waals surface area contributed by atoms with E-state index in [1.165, 1.54) is 6.20 Å². The maximum absolute atomic E-state index is 10.4. The van der Waals surface area contributed by atoms with Gasteiger partial charge in [0.05, 0.1) is 4.88 Å². The number of thiazole rings is 1. The van der Waals surface area contributed by atoms with Crippen LogP contribution in [0.1, 0.15) is 17.9 Å². The first-order chi connectivity index (χ1) is 6.15. The standard InChI is InChI=1S/C7H10N2O3S/c1-2-8-7-9-3-4(13-7)5(10)6(11)12/h3,5,10H,2H2,1H3,(H,8,9)(H,11,12). The van der Waals surface area contributed by atoms with Crippen LogP contribution >= 0.6 is 11.3 Å². The Morgan fingerprint density at radius 1 is 1.85 bits per heavy atom. The number of anilines is 1. The van der Waals surface area contributed by atoms with Gasteiger partial charge in [0.25, 0.3) is 0 Å². The zero-order chi connectivity index (χ0) is 9.84. The molecule has 0 fully saturated rings. The summed E-state index contributed by atoms with van der Waals surface area (Å²) in [5.74, 6) is -1.26. The van der Waals surface area contributed by atoms with Crippen molar-refractivity contribution in [2.45, 2.75) is 13.0 Å². The minimum Gasteiger partial charge on any atom is -0.479 e. The third-order valence-electron chi connectivity index (χ3n) is 1.35. The lowest BCUT2D eigenvalue weighted by atomic mass is 10.3. The second-order valence-electron chi connectivity index (χ2n) is 2.34. The highest BCUT2D eigenvalue weighted by Gasteiger charge is 2.18. The molecule has 0 aliphatic rings. The Bertz CT molecular complexity index is 300. The van der Waals surface area contributed by atoms with Crippen LogP contribution in [0, 0.1) is 0 Å². The number of hydrogen-bond donors (Lipinski definition) is 3. The molecule has 0 aliphatic heterocycles. The molecule has 1 rings (SSSR count). The van der Waals surface area contributed by atoms with E-state index in [0.29, 0.717) is 10.0 Å². The number of hydrogen-bond acceptors (Lipinski definition) is 5. The molecule has 0 saturated carbocycles. The summed E-state index contributed by atoms with van der Waals surface area (Å²) in [6.45, 7) is 2.63. The van der Waals surface area contributed by atoms with Crippen molar-refractivity contribution in [1.29, 1.82) is 0 Å². The molecule has 0 bridgehead atoms. The van der Waals surface area contributed by atoms with E-state index in [1.54, 1.807) is 0 Å². The van der Waals surface area contributed by atoms with E-state index in [1.807, 2.05) is 6.92 Å². The van der Waals surface area contributed by atoms with Gasteiger partial charge in [-0.1, -0.05) is 11.3 Å². The number of carboxylic acid groups (broad SMARTS) is 1. The van der Waals surface area contributed by atoms with Gasteiger partial charge in [-0.25, -0.2) is 9.78 Å². The van der Waals surface area contributed by atoms with Gasteiger partial charge in [-0.3, -0.25) is 0 Å². The van der Waals surface area contributed by atoms with E-state index < -0.39 is 12.1 Å². The molecule has 0 saturated heterocycles. The SMILES string of the molecule is CCNc1ncc(C(O)C(=O)O)s1. The average Bonchev–Trinajstić information content (AvgIpc) is 2.52. The molecular weight excluding hydrogens is 192 g/mol. The minimum atomic E-state index is -1.47. The van der Waals surface area contributed by atoms with Crippen LogP contribution in [0.4, 0.5) is 5.13 Å². The van der Waals surface area contributed by atoms with Crippen molar-refractivity contribution in [3.05, 3.63) is 11.1 Å². The maximum Gasteiger partial charge on any atom is 0.338 e. The largest absolute Gasteiger partial charge is 0.479 e. The number of nitrogens with one attached hydrogen (secondary N) is 1. The first kappa shape index (κ1) is 9.94. The van der Waals surface area contributed by atoms with Crippen LogP contribution in [0.5, 0.6) is 0 Å². The summed E-state index contributed by atoms with van der Waals surface area (Å²) in [5.41, 5.74) is 0. The van der Waals surface area contributed by atoms with Crippen LogP contribution < -0.4 is 5.32 Å². The van der Waals surface area contributed by atoms with Crippen molar-refractivity contribution in [1.82, 2.24) is 4.98 Å². The van der Waals surface area contributed by atoms with Gasteiger partial charge in [-0.15, -0.1) is 0 Å². The first-order valence-electron chi connectivity index (χ1n) is 3.75. The number of aliphatic hydroxyl groups is 1. The Hall–Kier alpha value is -1.14. The number of carboxylic acids is 1. The summed E-state index contributed by atoms with van der Waals surface area (Å²) < 4.78 is 0. The molecular formula is C7H10N2O3S. The molecule has 1 heterocycles. The fourth-order valence-electron chi connectivity index (χ4n) is 0.768. The summed E-state index contributed by atoms with van der Waals surface area (Å²) in [6, 6.07) is 0. The molecule has 6 heteroatoms. The predicted molar refractivity (Wildman–Crippen MR) is 48.9 cm³/mol. The van der Waals surface area contributed by atoms with Gasteiger partial charge in [0.15, 0.2) is 11.2 Å². The van der Waals surface area contributed by atoms with Crippen LogP contribution in [0.25, 0.3) is 0 Å². The molecule has 0 aromatic carbocycles. The van der Waals surface area contributed by atoms with E-state index in [-0.39, 0.29) is 0 Å². The Morgan fingerprint density at radius 2 is 2.54 bits per heavy atom. The smallest absolute Gasteiger partial charge is 0.338 e. The molecule has 1 unspecified atom stereocenters. The Kier molecular flexibility index (Phi) is 3.21. The molecule has 1 aromatic heterocycles. The van der Waals surface area contributed by atoms with Crippen molar-refractivity contribution < 1.29 is 15.0 Å². The average molecular weight is 202 g/mol. The van der Waals surface area contributed by atoms with Crippen LogP contribution in [-0.2, 0) is 4.79 Å².